The lowest BCUT2D eigenvalue weighted by molar-refractivity contribution is -0.121. The van der Waals surface area contributed by atoms with Gasteiger partial charge in [0.05, 0.1) is 31.8 Å². The van der Waals surface area contributed by atoms with E-state index in [1.54, 1.807) is 14.2 Å². The number of ether oxygens (including phenoxy) is 2. The van der Waals surface area contributed by atoms with Gasteiger partial charge in [0.2, 0.25) is 5.91 Å². The van der Waals surface area contributed by atoms with Gasteiger partial charge in [-0.05, 0) is 36.2 Å². The van der Waals surface area contributed by atoms with E-state index in [1.165, 1.54) is 0 Å². The highest BCUT2D eigenvalue weighted by atomic mass is 16.5. The Kier molecular flexibility index (Phi) is 5.41. The summed E-state index contributed by atoms with van der Waals surface area (Å²) in [5, 5.41) is 2.94. The van der Waals surface area contributed by atoms with Gasteiger partial charge in [0, 0.05) is 13.5 Å². The second-order valence-corrected chi connectivity index (χ2v) is 6.04. The normalized spacial score (nSPS) is 10.7. The summed E-state index contributed by atoms with van der Waals surface area (Å²) >= 11 is 0. The zero-order chi connectivity index (χ0) is 18.5. The number of fused-ring (bicyclic) bond motifs is 1. The molecular weight excluding hydrogens is 330 g/mol. The molecule has 2 aromatic carbocycles. The van der Waals surface area contributed by atoms with Gasteiger partial charge in [-0.3, -0.25) is 4.79 Å². The molecule has 0 radical (unpaired) electrons. The van der Waals surface area contributed by atoms with Gasteiger partial charge in [-0.1, -0.05) is 18.2 Å². The molecule has 0 aliphatic rings. The summed E-state index contributed by atoms with van der Waals surface area (Å²) in [6.45, 7) is 0.413. The maximum atomic E-state index is 12.2. The van der Waals surface area contributed by atoms with E-state index in [1.807, 2.05) is 54.1 Å². The molecule has 6 heteroatoms. The Labute approximate surface area is 152 Å². The van der Waals surface area contributed by atoms with Crippen molar-refractivity contribution >= 4 is 16.9 Å². The van der Waals surface area contributed by atoms with Crippen LogP contribution in [0.15, 0.2) is 42.5 Å². The minimum Gasteiger partial charge on any atom is -0.493 e. The van der Waals surface area contributed by atoms with Crippen LogP contribution in [0.3, 0.4) is 0 Å². The van der Waals surface area contributed by atoms with E-state index in [2.05, 4.69) is 10.3 Å². The number of carbonyl (C=O) groups is 1. The summed E-state index contributed by atoms with van der Waals surface area (Å²) in [6, 6.07) is 13.6. The molecule has 1 heterocycles. The van der Waals surface area contributed by atoms with Crippen molar-refractivity contribution in [1.82, 2.24) is 14.9 Å². The number of carbonyl (C=O) groups excluding carboxylic acids is 1. The minimum absolute atomic E-state index is 0.00755. The Morgan fingerprint density at radius 2 is 1.88 bits per heavy atom. The molecule has 0 fully saturated rings. The quantitative estimate of drug-likeness (QED) is 0.709. The number of nitrogens with one attached hydrogen (secondary N) is 1. The fourth-order valence-electron chi connectivity index (χ4n) is 2.91. The number of imidazole rings is 1. The number of aromatic nitrogens is 2. The number of hydrogen-bond acceptors (Lipinski definition) is 4. The Morgan fingerprint density at radius 3 is 2.62 bits per heavy atom. The van der Waals surface area contributed by atoms with Crippen molar-refractivity contribution in [3.8, 4) is 11.5 Å². The van der Waals surface area contributed by atoms with E-state index in [4.69, 9.17) is 9.47 Å². The average Bonchev–Trinajstić information content (AvgIpc) is 3.00. The standard InChI is InChI=1S/C20H23N3O3/c1-23-16-7-5-4-6-15(16)22-19(23)13-21-20(24)11-9-14-8-10-17(25-2)18(12-14)26-3/h4-8,10,12H,9,11,13H2,1-3H3,(H,21,24). The number of amides is 1. The van der Waals surface area contributed by atoms with Crippen molar-refractivity contribution < 1.29 is 14.3 Å². The first-order valence-corrected chi connectivity index (χ1v) is 8.50. The van der Waals surface area contributed by atoms with Crippen LogP contribution in [0.2, 0.25) is 0 Å². The van der Waals surface area contributed by atoms with Gasteiger partial charge in [0.15, 0.2) is 11.5 Å². The zero-order valence-corrected chi connectivity index (χ0v) is 15.3. The third kappa shape index (κ3) is 3.79. The van der Waals surface area contributed by atoms with Gasteiger partial charge in [-0.15, -0.1) is 0 Å². The highest BCUT2D eigenvalue weighted by Gasteiger charge is 2.10. The van der Waals surface area contributed by atoms with E-state index in [9.17, 15) is 4.79 Å². The summed E-state index contributed by atoms with van der Waals surface area (Å²) in [5.41, 5.74) is 3.02. The second-order valence-electron chi connectivity index (χ2n) is 6.04. The van der Waals surface area contributed by atoms with Crippen LogP contribution in [-0.4, -0.2) is 29.7 Å². The van der Waals surface area contributed by atoms with E-state index < -0.39 is 0 Å². The Balaban J connectivity index is 1.56. The van der Waals surface area contributed by atoms with Crippen LogP contribution < -0.4 is 14.8 Å². The van der Waals surface area contributed by atoms with Crippen LogP contribution >= 0.6 is 0 Å². The maximum Gasteiger partial charge on any atom is 0.220 e. The first-order chi connectivity index (χ1) is 12.6. The lowest BCUT2D eigenvalue weighted by Crippen LogP contribution is -2.24. The fourth-order valence-corrected chi connectivity index (χ4v) is 2.91. The van der Waals surface area contributed by atoms with Crippen LogP contribution in [0.25, 0.3) is 11.0 Å². The van der Waals surface area contributed by atoms with Crippen molar-refractivity contribution in [2.45, 2.75) is 19.4 Å². The predicted molar refractivity (Wildman–Crippen MR) is 100 cm³/mol. The zero-order valence-electron chi connectivity index (χ0n) is 15.3. The van der Waals surface area contributed by atoms with Crippen LogP contribution in [0.4, 0.5) is 0 Å². The lowest BCUT2D eigenvalue weighted by atomic mass is 10.1. The first kappa shape index (κ1) is 17.8. The molecule has 0 unspecified atom stereocenters. The minimum atomic E-state index is -0.00755. The van der Waals surface area contributed by atoms with E-state index in [0.717, 1.165) is 22.4 Å². The molecule has 0 saturated carbocycles. The fraction of sp³-hybridized carbons (Fsp3) is 0.300. The van der Waals surface area contributed by atoms with Crippen molar-refractivity contribution in [3.63, 3.8) is 0 Å². The van der Waals surface area contributed by atoms with Gasteiger partial charge in [0.25, 0.3) is 0 Å². The molecule has 1 N–H and O–H groups in total. The summed E-state index contributed by atoms with van der Waals surface area (Å²) in [6.07, 6.45) is 1.04. The Bertz CT molecular complexity index is 918. The second kappa shape index (κ2) is 7.91. The molecule has 0 atom stereocenters. The van der Waals surface area contributed by atoms with Crippen molar-refractivity contribution in [1.29, 1.82) is 0 Å². The molecule has 0 aliphatic heterocycles. The molecule has 0 bridgehead atoms. The molecule has 0 spiro atoms. The number of benzene rings is 2. The number of nitrogens with zero attached hydrogens (tertiary/aromatic N) is 2. The number of methoxy groups -OCH3 is 2. The predicted octanol–water partition coefficient (Wildman–Crippen LogP) is 2.84. The Morgan fingerprint density at radius 1 is 1.12 bits per heavy atom. The first-order valence-electron chi connectivity index (χ1n) is 8.50. The van der Waals surface area contributed by atoms with Gasteiger partial charge in [0.1, 0.15) is 5.82 Å². The number of aryl methyl sites for hydroxylation is 2. The van der Waals surface area contributed by atoms with Crippen molar-refractivity contribution in [2.24, 2.45) is 7.05 Å². The summed E-state index contributed by atoms with van der Waals surface area (Å²) in [7, 11) is 5.16. The molecule has 26 heavy (non-hydrogen) atoms. The van der Waals surface area contributed by atoms with Crippen LogP contribution in [0.1, 0.15) is 17.8 Å². The van der Waals surface area contributed by atoms with E-state index in [0.29, 0.717) is 30.9 Å². The molecule has 1 amide bonds. The molecule has 136 valence electrons. The Hall–Kier alpha value is -3.02. The van der Waals surface area contributed by atoms with Gasteiger partial charge in [-0.2, -0.15) is 0 Å². The van der Waals surface area contributed by atoms with Gasteiger partial charge in [-0.25, -0.2) is 4.98 Å². The van der Waals surface area contributed by atoms with Gasteiger partial charge < -0.3 is 19.4 Å². The van der Waals surface area contributed by atoms with Crippen LogP contribution in [-0.2, 0) is 24.8 Å². The van der Waals surface area contributed by atoms with Crippen LogP contribution in [0.5, 0.6) is 11.5 Å². The monoisotopic (exact) mass is 353 g/mol. The largest absolute Gasteiger partial charge is 0.493 e. The molecule has 6 nitrogen and oxygen atoms in total. The summed E-state index contributed by atoms with van der Waals surface area (Å²) in [5.74, 6) is 2.19. The number of rotatable bonds is 7. The average molecular weight is 353 g/mol. The SMILES string of the molecule is COc1ccc(CCC(=O)NCc2nc3ccccc3n2C)cc1OC. The molecule has 3 aromatic rings. The molecule has 0 aliphatic carbocycles. The molecule has 0 saturated heterocycles. The summed E-state index contributed by atoms with van der Waals surface area (Å²) < 4.78 is 12.5. The highest BCUT2D eigenvalue weighted by molar-refractivity contribution is 5.77. The number of hydrogen-bond donors (Lipinski definition) is 1. The van der Waals surface area contributed by atoms with E-state index in [-0.39, 0.29) is 5.91 Å². The lowest BCUT2D eigenvalue weighted by Gasteiger charge is -2.10. The number of para-hydroxylation sites is 2. The van der Waals surface area contributed by atoms with Crippen molar-refractivity contribution in [3.05, 3.63) is 53.9 Å². The third-order valence-corrected chi connectivity index (χ3v) is 4.41. The third-order valence-electron chi connectivity index (χ3n) is 4.41. The summed E-state index contributed by atoms with van der Waals surface area (Å²) in [4.78, 5) is 16.8. The van der Waals surface area contributed by atoms with E-state index >= 15 is 0 Å². The molecular formula is C20H23N3O3. The molecule has 1 aromatic heterocycles. The topological polar surface area (TPSA) is 65.4 Å². The van der Waals surface area contributed by atoms with Crippen LogP contribution in [0, 0.1) is 0 Å². The van der Waals surface area contributed by atoms with Gasteiger partial charge >= 0.3 is 0 Å². The smallest absolute Gasteiger partial charge is 0.220 e. The van der Waals surface area contributed by atoms with Crippen molar-refractivity contribution in [2.75, 3.05) is 14.2 Å². The molecule has 3 rings (SSSR count). The maximum absolute atomic E-state index is 12.2. The highest BCUT2D eigenvalue weighted by Crippen LogP contribution is 2.27.